The maximum atomic E-state index is 12.2. The molecule has 3 rings (SSSR count). The lowest BCUT2D eigenvalue weighted by molar-refractivity contribution is -0.122. The number of carbonyl (C=O) groups excluding carboxylic acids is 2. The third kappa shape index (κ3) is 4.99. The highest BCUT2D eigenvalue weighted by molar-refractivity contribution is 6.04. The predicted molar refractivity (Wildman–Crippen MR) is 101 cm³/mol. The Morgan fingerprint density at radius 1 is 1.04 bits per heavy atom. The van der Waals surface area contributed by atoms with Crippen molar-refractivity contribution in [1.82, 2.24) is 19.9 Å². The Hall–Kier alpha value is -3.52. The molecule has 0 saturated carbocycles. The van der Waals surface area contributed by atoms with Crippen LogP contribution in [0.15, 0.2) is 67.5 Å². The first-order valence-electron chi connectivity index (χ1n) is 8.44. The summed E-state index contributed by atoms with van der Waals surface area (Å²) in [5, 5.41) is 5.57. The molecule has 4 N–H and O–H groups in total. The standard InChI is InChI=1S/C19H20N6O2/c20-17(19(27)23-10-12-25-11-9-22-13-25)14-1-3-15(4-2-14)18(26)24-16-5-7-21-8-6-16/h1-9,11,13,17H,10,12,20H2,(H,23,27)(H,21,24,26). The van der Waals surface area contributed by atoms with E-state index in [9.17, 15) is 9.59 Å². The van der Waals surface area contributed by atoms with E-state index >= 15 is 0 Å². The van der Waals surface area contributed by atoms with Gasteiger partial charge in [0, 0.05) is 49.1 Å². The van der Waals surface area contributed by atoms with E-state index in [-0.39, 0.29) is 11.8 Å². The second-order valence-corrected chi connectivity index (χ2v) is 5.88. The van der Waals surface area contributed by atoms with Gasteiger partial charge in [0.25, 0.3) is 5.91 Å². The van der Waals surface area contributed by atoms with E-state index < -0.39 is 6.04 Å². The Morgan fingerprint density at radius 3 is 2.44 bits per heavy atom. The molecule has 0 saturated heterocycles. The van der Waals surface area contributed by atoms with Gasteiger partial charge in [0.15, 0.2) is 0 Å². The van der Waals surface area contributed by atoms with Gasteiger partial charge in [-0.05, 0) is 29.8 Å². The maximum Gasteiger partial charge on any atom is 0.255 e. The second kappa shape index (κ2) is 8.72. The van der Waals surface area contributed by atoms with Gasteiger partial charge in [0.2, 0.25) is 5.91 Å². The summed E-state index contributed by atoms with van der Waals surface area (Å²) < 4.78 is 1.86. The Labute approximate surface area is 156 Å². The van der Waals surface area contributed by atoms with Gasteiger partial charge in [-0.1, -0.05) is 12.1 Å². The summed E-state index contributed by atoms with van der Waals surface area (Å²) >= 11 is 0. The second-order valence-electron chi connectivity index (χ2n) is 5.88. The zero-order valence-corrected chi connectivity index (χ0v) is 14.6. The zero-order chi connectivity index (χ0) is 19.1. The third-order valence-electron chi connectivity index (χ3n) is 3.98. The molecule has 0 aliphatic heterocycles. The molecule has 138 valence electrons. The van der Waals surface area contributed by atoms with E-state index in [2.05, 4.69) is 20.6 Å². The average molecular weight is 364 g/mol. The number of pyridine rings is 1. The topological polar surface area (TPSA) is 115 Å². The molecule has 0 radical (unpaired) electrons. The van der Waals surface area contributed by atoms with Gasteiger partial charge in [-0.25, -0.2) is 4.98 Å². The molecule has 0 bridgehead atoms. The number of benzene rings is 1. The number of aromatic nitrogens is 3. The van der Waals surface area contributed by atoms with Crippen molar-refractivity contribution >= 4 is 17.5 Å². The fourth-order valence-electron chi connectivity index (χ4n) is 2.47. The van der Waals surface area contributed by atoms with Crippen molar-refractivity contribution in [3.8, 4) is 0 Å². The van der Waals surface area contributed by atoms with Crippen molar-refractivity contribution in [2.45, 2.75) is 12.6 Å². The molecule has 0 fully saturated rings. The molecule has 1 atom stereocenters. The minimum Gasteiger partial charge on any atom is -0.353 e. The highest BCUT2D eigenvalue weighted by atomic mass is 16.2. The number of carbonyl (C=O) groups is 2. The number of nitrogens with zero attached hydrogens (tertiary/aromatic N) is 3. The summed E-state index contributed by atoms with van der Waals surface area (Å²) in [4.78, 5) is 32.3. The van der Waals surface area contributed by atoms with Crippen LogP contribution in [0.3, 0.4) is 0 Å². The van der Waals surface area contributed by atoms with Gasteiger partial charge in [-0.2, -0.15) is 0 Å². The molecule has 0 spiro atoms. The summed E-state index contributed by atoms with van der Waals surface area (Å²) in [5.41, 5.74) is 7.78. The van der Waals surface area contributed by atoms with E-state index in [0.717, 1.165) is 0 Å². The quantitative estimate of drug-likeness (QED) is 0.585. The van der Waals surface area contributed by atoms with Crippen molar-refractivity contribution in [3.05, 3.63) is 78.6 Å². The van der Waals surface area contributed by atoms with Crippen LogP contribution in [0.2, 0.25) is 0 Å². The molecule has 1 aromatic carbocycles. The minimum absolute atomic E-state index is 0.244. The number of hydrogen-bond acceptors (Lipinski definition) is 5. The summed E-state index contributed by atoms with van der Waals surface area (Å²) in [6, 6.07) is 9.26. The van der Waals surface area contributed by atoms with Crippen LogP contribution in [-0.4, -0.2) is 32.9 Å². The summed E-state index contributed by atoms with van der Waals surface area (Å²) in [5.74, 6) is -0.518. The summed E-state index contributed by atoms with van der Waals surface area (Å²) in [6.07, 6.45) is 8.38. The number of imidazole rings is 1. The van der Waals surface area contributed by atoms with Gasteiger partial charge in [-0.15, -0.1) is 0 Å². The van der Waals surface area contributed by atoms with Crippen molar-refractivity contribution in [2.24, 2.45) is 5.73 Å². The fourth-order valence-corrected chi connectivity index (χ4v) is 2.47. The molecule has 0 aliphatic carbocycles. The molecule has 3 aromatic rings. The molecule has 8 heteroatoms. The lowest BCUT2D eigenvalue weighted by atomic mass is 10.0. The van der Waals surface area contributed by atoms with Crippen LogP contribution in [-0.2, 0) is 11.3 Å². The first-order valence-corrected chi connectivity index (χ1v) is 8.44. The van der Waals surface area contributed by atoms with Crippen LogP contribution >= 0.6 is 0 Å². The van der Waals surface area contributed by atoms with Gasteiger partial charge in [0.05, 0.1) is 6.33 Å². The van der Waals surface area contributed by atoms with E-state index in [1.54, 1.807) is 61.3 Å². The minimum atomic E-state index is -0.801. The van der Waals surface area contributed by atoms with Gasteiger partial charge in [0.1, 0.15) is 6.04 Å². The molecule has 1 unspecified atom stereocenters. The van der Waals surface area contributed by atoms with Crippen molar-refractivity contribution in [3.63, 3.8) is 0 Å². The predicted octanol–water partition coefficient (Wildman–Crippen LogP) is 1.35. The highest BCUT2D eigenvalue weighted by Gasteiger charge is 2.16. The zero-order valence-electron chi connectivity index (χ0n) is 14.6. The molecular formula is C19H20N6O2. The van der Waals surface area contributed by atoms with Crippen molar-refractivity contribution in [2.75, 3.05) is 11.9 Å². The Bertz CT molecular complexity index is 878. The van der Waals surface area contributed by atoms with Gasteiger partial charge in [-0.3, -0.25) is 14.6 Å². The maximum absolute atomic E-state index is 12.2. The van der Waals surface area contributed by atoms with E-state index in [1.807, 2.05) is 10.8 Å². The lowest BCUT2D eigenvalue weighted by Gasteiger charge is -2.13. The third-order valence-corrected chi connectivity index (χ3v) is 3.98. The van der Waals surface area contributed by atoms with Crippen LogP contribution in [0.25, 0.3) is 0 Å². The number of rotatable bonds is 7. The first-order chi connectivity index (χ1) is 13.1. The number of nitrogens with one attached hydrogen (secondary N) is 2. The van der Waals surface area contributed by atoms with Crippen LogP contribution in [0.4, 0.5) is 5.69 Å². The molecule has 2 heterocycles. The van der Waals surface area contributed by atoms with E-state index in [1.165, 1.54) is 0 Å². The normalized spacial score (nSPS) is 11.6. The first kappa shape index (κ1) is 18.3. The average Bonchev–Trinajstić information content (AvgIpc) is 3.21. The Balaban J connectivity index is 1.53. The number of amides is 2. The van der Waals surface area contributed by atoms with Crippen LogP contribution in [0, 0.1) is 0 Å². The highest BCUT2D eigenvalue weighted by Crippen LogP contribution is 2.13. The van der Waals surface area contributed by atoms with Crippen LogP contribution in [0.5, 0.6) is 0 Å². The van der Waals surface area contributed by atoms with E-state index in [4.69, 9.17) is 5.73 Å². The summed E-state index contributed by atoms with van der Waals surface area (Å²) in [7, 11) is 0. The molecule has 27 heavy (non-hydrogen) atoms. The largest absolute Gasteiger partial charge is 0.353 e. The Morgan fingerprint density at radius 2 is 1.78 bits per heavy atom. The monoisotopic (exact) mass is 364 g/mol. The van der Waals surface area contributed by atoms with Gasteiger partial charge < -0.3 is 20.9 Å². The SMILES string of the molecule is NC(C(=O)NCCn1ccnc1)c1ccc(C(=O)Nc2ccncc2)cc1. The van der Waals surface area contributed by atoms with Crippen LogP contribution in [0.1, 0.15) is 22.0 Å². The lowest BCUT2D eigenvalue weighted by Crippen LogP contribution is -2.35. The van der Waals surface area contributed by atoms with Crippen molar-refractivity contribution < 1.29 is 9.59 Å². The van der Waals surface area contributed by atoms with Crippen LogP contribution < -0.4 is 16.4 Å². The number of nitrogens with two attached hydrogens (primary N) is 1. The smallest absolute Gasteiger partial charge is 0.255 e. The fraction of sp³-hybridized carbons (Fsp3) is 0.158. The molecule has 8 nitrogen and oxygen atoms in total. The number of anilines is 1. The van der Waals surface area contributed by atoms with Gasteiger partial charge >= 0.3 is 0 Å². The summed E-state index contributed by atoms with van der Waals surface area (Å²) in [6.45, 7) is 1.07. The Kier molecular flexibility index (Phi) is 5.91. The molecule has 2 aromatic heterocycles. The molecule has 0 aliphatic rings. The van der Waals surface area contributed by atoms with E-state index in [0.29, 0.717) is 29.9 Å². The van der Waals surface area contributed by atoms with Crippen molar-refractivity contribution in [1.29, 1.82) is 0 Å². The molecule has 2 amide bonds. The molecular weight excluding hydrogens is 344 g/mol. The number of hydrogen-bond donors (Lipinski definition) is 3.